The molecule has 33 heavy (non-hydrogen) atoms. The standard InChI is InChI=1S/C25H23BrN2O5/c1-3-31-21-11-6-18(7-12-21)25(30)33-23-13-8-20(26)14-19(23)15-27-28-24(29)16-32-22-9-4-17(2)5-10-22/h4-15H,3,16H2,1-2H3,(H,28,29)/b27-15-. The minimum Gasteiger partial charge on any atom is -0.494 e. The van der Waals surface area contributed by atoms with Gasteiger partial charge in [-0.3, -0.25) is 4.79 Å². The van der Waals surface area contributed by atoms with Crippen molar-refractivity contribution in [3.8, 4) is 17.2 Å². The zero-order valence-corrected chi connectivity index (χ0v) is 19.8. The van der Waals surface area contributed by atoms with E-state index < -0.39 is 11.9 Å². The molecule has 0 spiro atoms. The van der Waals surface area contributed by atoms with Crippen LogP contribution in [0, 0.1) is 6.92 Å². The number of carbonyl (C=O) groups excluding carboxylic acids is 2. The SMILES string of the molecule is CCOc1ccc(C(=O)Oc2ccc(Br)cc2/C=N\NC(=O)COc2ccc(C)cc2)cc1. The number of amides is 1. The smallest absolute Gasteiger partial charge is 0.343 e. The number of benzene rings is 3. The molecule has 1 amide bonds. The van der Waals surface area contributed by atoms with Crippen molar-refractivity contribution >= 4 is 34.0 Å². The number of hydrogen-bond acceptors (Lipinski definition) is 6. The molecule has 0 unspecified atom stereocenters. The number of rotatable bonds is 9. The highest BCUT2D eigenvalue weighted by Crippen LogP contribution is 2.23. The lowest BCUT2D eigenvalue weighted by Gasteiger charge is -2.09. The molecule has 0 aliphatic rings. The predicted molar refractivity (Wildman–Crippen MR) is 129 cm³/mol. The molecule has 0 fully saturated rings. The molecule has 3 aromatic carbocycles. The minimum absolute atomic E-state index is 0.182. The summed E-state index contributed by atoms with van der Waals surface area (Å²) in [6, 6.07) is 19.2. The van der Waals surface area contributed by atoms with Gasteiger partial charge in [0.2, 0.25) is 0 Å². The van der Waals surface area contributed by atoms with Crippen LogP contribution in [0.4, 0.5) is 0 Å². The van der Waals surface area contributed by atoms with Gasteiger partial charge in [-0.1, -0.05) is 33.6 Å². The third-order valence-corrected chi connectivity index (χ3v) is 4.85. The molecule has 0 atom stereocenters. The summed E-state index contributed by atoms with van der Waals surface area (Å²) in [7, 11) is 0. The van der Waals surface area contributed by atoms with Crippen LogP contribution in [-0.2, 0) is 4.79 Å². The van der Waals surface area contributed by atoms with Gasteiger partial charge in [-0.15, -0.1) is 0 Å². The summed E-state index contributed by atoms with van der Waals surface area (Å²) < 4.78 is 17.1. The normalized spacial score (nSPS) is 10.6. The second kappa shape index (κ2) is 11.8. The van der Waals surface area contributed by atoms with E-state index in [0.29, 0.717) is 35.0 Å². The van der Waals surface area contributed by atoms with Crippen LogP contribution < -0.4 is 19.6 Å². The van der Waals surface area contributed by atoms with Crippen LogP contribution in [0.5, 0.6) is 17.2 Å². The molecule has 8 heteroatoms. The maximum absolute atomic E-state index is 12.5. The number of hydrazone groups is 1. The van der Waals surface area contributed by atoms with Crippen molar-refractivity contribution in [1.29, 1.82) is 0 Å². The van der Waals surface area contributed by atoms with Gasteiger partial charge in [0.15, 0.2) is 6.61 Å². The fourth-order valence-electron chi connectivity index (χ4n) is 2.72. The number of aryl methyl sites for hydroxylation is 1. The van der Waals surface area contributed by atoms with E-state index in [1.54, 1.807) is 54.6 Å². The molecule has 3 rings (SSSR count). The highest BCUT2D eigenvalue weighted by molar-refractivity contribution is 9.10. The Hall–Kier alpha value is -3.65. The molecule has 3 aromatic rings. The van der Waals surface area contributed by atoms with Crippen molar-refractivity contribution in [3.05, 3.63) is 87.9 Å². The number of halogens is 1. The summed E-state index contributed by atoms with van der Waals surface area (Å²) in [4.78, 5) is 24.5. The Bertz CT molecular complexity index is 1130. The van der Waals surface area contributed by atoms with Crippen molar-refractivity contribution in [2.75, 3.05) is 13.2 Å². The number of hydrogen-bond donors (Lipinski definition) is 1. The zero-order chi connectivity index (χ0) is 23.6. The largest absolute Gasteiger partial charge is 0.494 e. The lowest BCUT2D eigenvalue weighted by Crippen LogP contribution is -2.24. The van der Waals surface area contributed by atoms with Gasteiger partial charge in [0.1, 0.15) is 17.2 Å². The fraction of sp³-hybridized carbons (Fsp3) is 0.160. The first-order valence-corrected chi connectivity index (χ1v) is 11.0. The first kappa shape index (κ1) is 24.0. The van der Waals surface area contributed by atoms with Gasteiger partial charge in [-0.2, -0.15) is 5.10 Å². The maximum Gasteiger partial charge on any atom is 0.343 e. The van der Waals surface area contributed by atoms with Crippen LogP contribution in [0.15, 0.2) is 76.3 Å². The molecule has 0 saturated heterocycles. The van der Waals surface area contributed by atoms with Crippen molar-refractivity contribution in [2.45, 2.75) is 13.8 Å². The Labute approximate surface area is 200 Å². The van der Waals surface area contributed by atoms with Crippen LogP contribution in [0.25, 0.3) is 0 Å². The van der Waals surface area contributed by atoms with E-state index in [0.717, 1.165) is 10.0 Å². The third kappa shape index (κ3) is 7.47. The molecule has 0 radical (unpaired) electrons. The van der Waals surface area contributed by atoms with Crippen LogP contribution in [0.3, 0.4) is 0 Å². The number of nitrogens with zero attached hydrogens (tertiary/aromatic N) is 1. The average molecular weight is 511 g/mol. The average Bonchev–Trinajstić information content (AvgIpc) is 2.81. The highest BCUT2D eigenvalue weighted by Gasteiger charge is 2.12. The van der Waals surface area contributed by atoms with E-state index in [2.05, 4.69) is 26.5 Å². The van der Waals surface area contributed by atoms with Crippen LogP contribution in [0.1, 0.15) is 28.4 Å². The molecular weight excluding hydrogens is 488 g/mol. The lowest BCUT2D eigenvalue weighted by atomic mass is 10.2. The Morgan fingerprint density at radius 1 is 0.970 bits per heavy atom. The van der Waals surface area contributed by atoms with Crippen LogP contribution in [-0.4, -0.2) is 31.3 Å². The van der Waals surface area contributed by atoms with E-state index >= 15 is 0 Å². The number of esters is 1. The Balaban J connectivity index is 1.60. The summed E-state index contributed by atoms with van der Waals surface area (Å²) in [5.41, 5.74) is 4.38. The highest BCUT2D eigenvalue weighted by atomic mass is 79.9. The van der Waals surface area contributed by atoms with Crippen molar-refractivity contribution < 1.29 is 23.8 Å². The molecule has 0 bridgehead atoms. The summed E-state index contributed by atoms with van der Waals surface area (Å²) in [6.45, 7) is 4.22. The number of nitrogens with one attached hydrogen (secondary N) is 1. The van der Waals surface area contributed by atoms with E-state index in [1.807, 2.05) is 26.0 Å². The topological polar surface area (TPSA) is 86.2 Å². The summed E-state index contributed by atoms with van der Waals surface area (Å²) >= 11 is 3.38. The number of carbonyl (C=O) groups is 2. The molecule has 0 aliphatic carbocycles. The van der Waals surface area contributed by atoms with Crippen LogP contribution >= 0.6 is 15.9 Å². The molecule has 170 valence electrons. The van der Waals surface area contributed by atoms with Gasteiger partial charge in [0.05, 0.1) is 18.4 Å². The van der Waals surface area contributed by atoms with Gasteiger partial charge < -0.3 is 14.2 Å². The Kier molecular flexibility index (Phi) is 8.60. The molecule has 0 aromatic heterocycles. The second-order valence-corrected chi connectivity index (χ2v) is 7.84. The molecule has 0 heterocycles. The Morgan fingerprint density at radius 3 is 2.33 bits per heavy atom. The molecule has 1 N–H and O–H groups in total. The van der Waals surface area contributed by atoms with Gasteiger partial charge in [0.25, 0.3) is 5.91 Å². The van der Waals surface area contributed by atoms with Crippen molar-refractivity contribution in [2.24, 2.45) is 5.10 Å². The minimum atomic E-state index is -0.523. The van der Waals surface area contributed by atoms with Gasteiger partial charge in [-0.05, 0) is 68.4 Å². The molecule has 7 nitrogen and oxygen atoms in total. The monoisotopic (exact) mass is 510 g/mol. The van der Waals surface area contributed by atoms with E-state index in [4.69, 9.17) is 14.2 Å². The number of ether oxygens (including phenoxy) is 3. The quantitative estimate of drug-likeness (QED) is 0.191. The third-order valence-electron chi connectivity index (χ3n) is 4.36. The van der Waals surface area contributed by atoms with Gasteiger partial charge in [0, 0.05) is 10.0 Å². The maximum atomic E-state index is 12.5. The fourth-order valence-corrected chi connectivity index (χ4v) is 3.09. The van der Waals surface area contributed by atoms with E-state index in [9.17, 15) is 9.59 Å². The Morgan fingerprint density at radius 2 is 1.64 bits per heavy atom. The van der Waals surface area contributed by atoms with Crippen molar-refractivity contribution in [1.82, 2.24) is 5.43 Å². The van der Waals surface area contributed by atoms with Crippen molar-refractivity contribution in [3.63, 3.8) is 0 Å². The first-order valence-electron chi connectivity index (χ1n) is 10.2. The van der Waals surface area contributed by atoms with Gasteiger partial charge in [-0.25, -0.2) is 10.2 Å². The van der Waals surface area contributed by atoms with Crippen LogP contribution in [0.2, 0.25) is 0 Å². The van der Waals surface area contributed by atoms with Gasteiger partial charge >= 0.3 is 5.97 Å². The summed E-state index contributed by atoms with van der Waals surface area (Å²) in [6.07, 6.45) is 1.40. The molecule has 0 aliphatic heterocycles. The van der Waals surface area contributed by atoms with E-state index in [-0.39, 0.29) is 6.61 Å². The predicted octanol–water partition coefficient (Wildman–Crippen LogP) is 4.90. The summed E-state index contributed by atoms with van der Waals surface area (Å²) in [5, 5.41) is 3.95. The second-order valence-electron chi connectivity index (χ2n) is 6.92. The molecule has 0 saturated carbocycles. The summed E-state index contributed by atoms with van der Waals surface area (Å²) in [5.74, 6) is 0.620. The van der Waals surface area contributed by atoms with E-state index in [1.165, 1.54) is 6.21 Å². The lowest BCUT2D eigenvalue weighted by molar-refractivity contribution is -0.123. The first-order chi connectivity index (χ1) is 15.9. The molecular formula is C25H23BrN2O5. The zero-order valence-electron chi connectivity index (χ0n) is 18.2.